The summed E-state index contributed by atoms with van der Waals surface area (Å²) in [4.78, 5) is 16.1. The van der Waals surface area contributed by atoms with Crippen molar-refractivity contribution >= 4 is 21.6 Å². The van der Waals surface area contributed by atoms with Crippen LogP contribution in [-0.2, 0) is 17.7 Å². The zero-order chi connectivity index (χ0) is 15.1. The number of halogens is 1. The van der Waals surface area contributed by atoms with E-state index in [1.54, 1.807) is 25.7 Å². The van der Waals surface area contributed by atoms with E-state index in [-0.39, 0.29) is 5.56 Å². The quantitative estimate of drug-likeness (QED) is 0.821. The van der Waals surface area contributed by atoms with Gasteiger partial charge in [-0.3, -0.25) is 9.78 Å². The number of anilines is 1. The number of methoxy groups -OCH3 is 1. The Morgan fingerprint density at radius 1 is 1.38 bits per heavy atom. The minimum atomic E-state index is -0.166. The second-order valence-electron chi connectivity index (χ2n) is 4.43. The highest BCUT2D eigenvalue weighted by Crippen LogP contribution is 2.16. The maximum atomic E-state index is 12.1. The highest BCUT2D eigenvalue weighted by atomic mass is 79.9. The third kappa shape index (κ3) is 4.37. The summed E-state index contributed by atoms with van der Waals surface area (Å²) in [6.45, 7) is 1.60. The largest absolute Gasteiger partial charge is 0.383 e. The molecule has 0 spiro atoms. The van der Waals surface area contributed by atoms with Gasteiger partial charge in [0.2, 0.25) is 0 Å². The van der Waals surface area contributed by atoms with Gasteiger partial charge in [0.25, 0.3) is 5.56 Å². The van der Waals surface area contributed by atoms with Gasteiger partial charge in [-0.1, -0.05) is 0 Å². The Balaban J connectivity index is 1.97. The van der Waals surface area contributed by atoms with Gasteiger partial charge in [-0.25, -0.2) is 4.68 Å². The van der Waals surface area contributed by atoms with Crippen molar-refractivity contribution in [2.75, 3.05) is 25.6 Å². The van der Waals surface area contributed by atoms with Crippen LogP contribution in [0.25, 0.3) is 0 Å². The average Bonchev–Trinajstić information content (AvgIpc) is 2.52. The van der Waals surface area contributed by atoms with Crippen LogP contribution in [0, 0.1) is 0 Å². The lowest BCUT2D eigenvalue weighted by atomic mass is 10.2. The number of pyridine rings is 1. The Bertz CT molecular complexity index is 631. The molecule has 2 rings (SSSR count). The topological polar surface area (TPSA) is 69.0 Å². The van der Waals surface area contributed by atoms with E-state index in [1.807, 2.05) is 12.1 Å². The molecule has 0 aliphatic heterocycles. The van der Waals surface area contributed by atoms with Crippen LogP contribution >= 0.6 is 15.9 Å². The zero-order valence-electron chi connectivity index (χ0n) is 11.8. The van der Waals surface area contributed by atoms with Gasteiger partial charge in [0, 0.05) is 26.0 Å². The molecule has 0 atom stereocenters. The van der Waals surface area contributed by atoms with Crippen molar-refractivity contribution < 1.29 is 4.74 Å². The smallest absolute Gasteiger partial charge is 0.283 e. The summed E-state index contributed by atoms with van der Waals surface area (Å²) in [7, 11) is 1.59. The van der Waals surface area contributed by atoms with E-state index < -0.39 is 0 Å². The molecule has 6 nitrogen and oxygen atoms in total. The zero-order valence-corrected chi connectivity index (χ0v) is 13.3. The first-order valence-corrected chi connectivity index (χ1v) is 7.39. The summed E-state index contributed by atoms with van der Waals surface area (Å²) < 4.78 is 6.81. The fraction of sp³-hybridized carbons (Fsp3) is 0.357. The molecule has 2 aromatic rings. The molecule has 0 aromatic carbocycles. The van der Waals surface area contributed by atoms with Crippen LogP contribution in [0.3, 0.4) is 0 Å². The predicted octanol–water partition coefficient (Wildman–Crippen LogP) is 1.70. The van der Waals surface area contributed by atoms with Crippen molar-refractivity contribution in [1.29, 1.82) is 0 Å². The Kier molecular flexibility index (Phi) is 5.89. The summed E-state index contributed by atoms with van der Waals surface area (Å²) in [5.74, 6) is 0. The number of nitrogens with zero attached hydrogens (tertiary/aromatic N) is 3. The van der Waals surface area contributed by atoms with Crippen molar-refractivity contribution in [2.45, 2.75) is 13.0 Å². The molecule has 112 valence electrons. The first-order valence-electron chi connectivity index (χ1n) is 6.59. The number of rotatable bonds is 7. The van der Waals surface area contributed by atoms with Crippen LogP contribution < -0.4 is 10.9 Å². The monoisotopic (exact) mass is 352 g/mol. The highest BCUT2D eigenvalue weighted by Gasteiger charge is 2.08. The second-order valence-corrected chi connectivity index (χ2v) is 5.22. The van der Waals surface area contributed by atoms with E-state index in [0.717, 1.165) is 6.42 Å². The number of hydrogen-bond acceptors (Lipinski definition) is 5. The number of hydrogen-bond donors (Lipinski definition) is 1. The molecule has 0 radical (unpaired) electrons. The third-order valence-corrected chi connectivity index (χ3v) is 3.74. The Morgan fingerprint density at radius 3 is 2.86 bits per heavy atom. The molecule has 0 amide bonds. The number of nitrogens with one attached hydrogen (secondary N) is 1. The molecule has 2 heterocycles. The lowest BCUT2D eigenvalue weighted by molar-refractivity contribution is 0.181. The molecular formula is C14H17BrN4O2. The molecular weight excluding hydrogens is 336 g/mol. The van der Waals surface area contributed by atoms with E-state index in [2.05, 4.69) is 31.3 Å². The van der Waals surface area contributed by atoms with E-state index >= 15 is 0 Å². The van der Waals surface area contributed by atoms with Gasteiger partial charge in [0.1, 0.15) is 4.47 Å². The van der Waals surface area contributed by atoms with Gasteiger partial charge < -0.3 is 10.1 Å². The van der Waals surface area contributed by atoms with Crippen LogP contribution in [0.4, 0.5) is 5.69 Å². The lowest BCUT2D eigenvalue weighted by Gasteiger charge is -2.10. The second kappa shape index (κ2) is 7.90. The molecule has 0 aliphatic rings. The van der Waals surface area contributed by atoms with Gasteiger partial charge >= 0.3 is 0 Å². The van der Waals surface area contributed by atoms with Crippen molar-refractivity contribution in [3.05, 3.63) is 51.1 Å². The van der Waals surface area contributed by atoms with Crippen molar-refractivity contribution in [3.63, 3.8) is 0 Å². The van der Waals surface area contributed by atoms with Gasteiger partial charge in [0.05, 0.1) is 25.0 Å². The predicted molar refractivity (Wildman–Crippen MR) is 84.5 cm³/mol. The van der Waals surface area contributed by atoms with Crippen molar-refractivity contribution in [3.8, 4) is 0 Å². The normalized spacial score (nSPS) is 10.6. The number of aromatic nitrogens is 3. The highest BCUT2D eigenvalue weighted by molar-refractivity contribution is 9.10. The van der Waals surface area contributed by atoms with Gasteiger partial charge in [-0.15, -0.1) is 0 Å². The van der Waals surface area contributed by atoms with Crippen molar-refractivity contribution in [1.82, 2.24) is 14.8 Å². The van der Waals surface area contributed by atoms with E-state index in [9.17, 15) is 4.79 Å². The van der Waals surface area contributed by atoms with Gasteiger partial charge in [0.15, 0.2) is 0 Å². The van der Waals surface area contributed by atoms with Crippen LogP contribution in [0.2, 0.25) is 0 Å². The summed E-state index contributed by atoms with van der Waals surface area (Å²) in [6, 6.07) is 3.94. The molecule has 0 saturated carbocycles. The molecule has 1 N–H and O–H groups in total. The van der Waals surface area contributed by atoms with Crippen molar-refractivity contribution in [2.24, 2.45) is 0 Å². The van der Waals surface area contributed by atoms with E-state index in [1.165, 1.54) is 10.2 Å². The van der Waals surface area contributed by atoms with Crippen LogP contribution in [0.5, 0.6) is 0 Å². The SMILES string of the molecule is COCCn1ncc(NCCc2ccncc2)c(Br)c1=O. The molecule has 0 fully saturated rings. The third-order valence-electron chi connectivity index (χ3n) is 2.97. The Hall–Kier alpha value is -1.73. The first-order chi connectivity index (χ1) is 10.2. The number of ether oxygens (including phenoxy) is 1. The fourth-order valence-electron chi connectivity index (χ4n) is 1.82. The molecule has 21 heavy (non-hydrogen) atoms. The standard InChI is InChI=1S/C14H17BrN4O2/c1-21-9-8-19-14(20)13(15)12(10-18-19)17-7-4-11-2-5-16-6-3-11/h2-3,5-6,10,17H,4,7-9H2,1H3. The maximum absolute atomic E-state index is 12.1. The minimum absolute atomic E-state index is 0.166. The molecule has 0 aliphatic carbocycles. The van der Waals surface area contributed by atoms with Crippen LogP contribution in [0.1, 0.15) is 5.56 Å². The lowest BCUT2D eigenvalue weighted by Crippen LogP contribution is -2.26. The Labute approximate surface area is 131 Å². The summed E-state index contributed by atoms with van der Waals surface area (Å²) in [6.07, 6.45) is 6.03. The summed E-state index contributed by atoms with van der Waals surface area (Å²) in [5.41, 5.74) is 1.72. The Morgan fingerprint density at radius 2 is 2.14 bits per heavy atom. The van der Waals surface area contributed by atoms with E-state index in [4.69, 9.17) is 4.74 Å². The van der Waals surface area contributed by atoms with Gasteiger partial charge in [-0.2, -0.15) is 5.10 Å². The molecule has 2 aromatic heterocycles. The summed E-state index contributed by atoms with van der Waals surface area (Å²) in [5, 5.41) is 7.34. The fourth-order valence-corrected chi connectivity index (χ4v) is 2.26. The van der Waals surface area contributed by atoms with Gasteiger partial charge in [-0.05, 0) is 40.0 Å². The van der Waals surface area contributed by atoms with E-state index in [0.29, 0.717) is 29.9 Å². The van der Waals surface area contributed by atoms with Crippen LogP contribution in [-0.4, -0.2) is 35.0 Å². The molecule has 0 saturated heterocycles. The molecule has 0 unspecified atom stereocenters. The summed E-state index contributed by atoms with van der Waals surface area (Å²) >= 11 is 3.32. The average molecular weight is 353 g/mol. The molecule has 0 bridgehead atoms. The van der Waals surface area contributed by atoms with Crippen LogP contribution in [0.15, 0.2) is 40.0 Å². The maximum Gasteiger partial charge on any atom is 0.283 e. The first kappa shape index (κ1) is 15.7. The molecule has 7 heteroatoms. The minimum Gasteiger partial charge on any atom is -0.383 e.